The minimum atomic E-state index is -0.0892. The zero-order chi connectivity index (χ0) is 14.9. The molecule has 1 fully saturated rings. The predicted octanol–water partition coefficient (Wildman–Crippen LogP) is 2.68. The molecule has 2 heterocycles. The average molecular weight is 296 g/mol. The zero-order valence-electron chi connectivity index (χ0n) is 13.0. The fourth-order valence-corrected chi connectivity index (χ4v) is 3.51. The molecule has 0 saturated carbocycles. The summed E-state index contributed by atoms with van der Waals surface area (Å²) in [6.45, 7) is 11.2. The molecule has 1 saturated heterocycles. The lowest BCUT2D eigenvalue weighted by Gasteiger charge is -2.15. The molecular formula is C15H24N2O2S. The van der Waals surface area contributed by atoms with E-state index in [1.807, 2.05) is 0 Å². The Labute approximate surface area is 125 Å². The number of hydrogen-bond donors (Lipinski definition) is 0. The van der Waals surface area contributed by atoms with Gasteiger partial charge >= 0.3 is 5.97 Å². The van der Waals surface area contributed by atoms with Gasteiger partial charge in [0, 0.05) is 30.4 Å². The Bertz CT molecular complexity index is 478. The van der Waals surface area contributed by atoms with Gasteiger partial charge in [0.15, 0.2) is 0 Å². The molecule has 0 amide bonds. The Morgan fingerprint density at radius 3 is 2.75 bits per heavy atom. The predicted molar refractivity (Wildman–Crippen MR) is 80.8 cm³/mol. The maximum absolute atomic E-state index is 11.7. The van der Waals surface area contributed by atoms with Crippen molar-refractivity contribution in [2.24, 2.45) is 11.8 Å². The average Bonchev–Trinajstić information content (AvgIpc) is 2.95. The molecule has 112 valence electrons. The molecule has 5 heteroatoms. The van der Waals surface area contributed by atoms with Crippen LogP contribution in [0.2, 0.25) is 0 Å². The van der Waals surface area contributed by atoms with Crippen LogP contribution in [0.25, 0.3) is 0 Å². The van der Waals surface area contributed by atoms with E-state index >= 15 is 0 Å². The second-order valence-corrected chi connectivity index (χ2v) is 7.55. The van der Waals surface area contributed by atoms with Gasteiger partial charge < -0.3 is 4.74 Å². The van der Waals surface area contributed by atoms with E-state index in [0.717, 1.165) is 25.3 Å². The van der Waals surface area contributed by atoms with E-state index in [-0.39, 0.29) is 17.3 Å². The molecule has 2 unspecified atom stereocenters. The standard InChI is InChI=1S/C15H24N2O2S/c1-10-6-17(8-12(10)13(18)19-5)7-11-9-20-14(16-11)15(2,3)4/h9-10,12H,6-8H2,1-5H3. The van der Waals surface area contributed by atoms with Gasteiger partial charge in [-0.2, -0.15) is 0 Å². The lowest BCUT2D eigenvalue weighted by atomic mass is 9.98. The third-order valence-electron chi connectivity index (χ3n) is 3.77. The molecule has 1 aliphatic rings. The van der Waals surface area contributed by atoms with Crippen LogP contribution in [-0.2, 0) is 21.5 Å². The molecule has 0 aliphatic carbocycles. The highest BCUT2D eigenvalue weighted by Gasteiger charge is 2.35. The van der Waals surface area contributed by atoms with Crippen LogP contribution in [0.3, 0.4) is 0 Å². The van der Waals surface area contributed by atoms with Crippen molar-refractivity contribution < 1.29 is 9.53 Å². The van der Waals surface area contributed by atoms with E-state index in [1.165, 1.54) is 12.1 Å². The van der Waals surface area contributed by atoms with Crippen LogP contribution in [0, 0.1) is 11.8 Å². The summed E-state index contributed by atoms with van der Waals surface area (Å²) >= 11 is 1.72. The molecule has 0 radical (unpaired) electrons. The van der Waals surface area contributed by atoms with E-state index in [9.17, 15) is 4.79 Å². The highest BCUT2D eigenvalue weighted by molar-refractivity contribution is 7.09. The summed E-state index contributed by atoms with van der Waals surface area (Å²) in [5, 5.41) is 3.31. The molecular weight excluding hydrogens is 272 g/mol. The fraction of sp³-hybridized carbons (Fsp3) is 0.733. The molecule has 4 nitrogen and oxygen atoms in total. The molecule has 0 bridgehead atoms. The Balaban J connectivity index is 1.98. The molecule has 2 atom stereocenters. The number of rotatable bonds is 3. The summed E-state index contributed by atoms with van der Waals surface area (Å²) in [7, 11) is 1.47. The van der Waals surface area contributed by atoms with Crippen LogP contribution < -0.4 is 0 Å². The number of nitrogens with zero attached hydrogens (tertiary/aromatic N) is 2. The van der Waals surface area contributed by atoms with Crippen molar-refractivity contribution >= 4 is 17.3 Å². The van der Waals surface area contributed by atoms with E-state index < -0.39 is 0 Å². The van der Waals surface area contributed by atoms with Gasteiger partial charge in [0.2, 0.25) is 0 Å². The van der Waals surface area contributed by atoms with Crippen molar-refractivity contribution in [3.63, 3.8) is 0 Å². The van der Waals surface area contributed by atoms with Gasteiger partial charge in [-0.15, -0.1) is 11.3 Å². The smallest absolute Gasteiger partial charge is 0.310 e. The summed E-state index contributed by atoms with van der Waals surface area (Å²) in [4.78, 5) is 18.7. The van der Waals surface area contributed by atoms with E-state index in [2.05, 4.69) is 38.0 Å². The maximum atomic E-state index is 11.7. The highest BCUT2D eigenvalue weighted by Crippen LogP contribution is 2.28. The molecule has 0 aromatic carbocycles. The second-order valence-electron chi connectivity index (χ2n) is 6.70. The first-order valence-corrected chi connectivity index (χ1v) is 7.94. The van der Waals surface area contributed by atoms with Gasteiger partial charge in [-0.1, -0.05) is 27.7 Å². The first-order chi connectivity index (χ1) is 9.31. The van der Waals surface area contributed by atoms with Crippen molar-refractivity contribution in [1.82, 2.24) is 9.88 Å². The topological polar surface area (TPSA) is 42.4 Å². The molecule has 1 aliphatic heterocycles. The van der Waals surface area contributed by atoms with Crippen molar-refractivity contribution in [3.05, 3.63) is 16.1 Å². The molecule has 0 N–H and O–H groups in total. The Kier molecular flexibility index (Phi) is 4.49. The number of carbonyl (C=O) groups excluding carboxylic acids is 1. The van der Waals surface area contributed by atoms with Crippen LogP contribution >= 0.6 is 11.3 Å². The van der Waals surface area contributed by atoms with Gasteiger partial charge in [0.25, 0.3) is 0 Å². The molecule has 2 rings (SSSR count). The normalized spacial score (nSPS) is 24.1. The van der Waals surface area contributed by atoms with Crippen LogP contribution in [-0.4, -0.2) is 36.1 Å². The van der Waals surface area contributed by atoms with Gasteiger partial charge in [0.1, 0.15) is 0 Å². The SMILES string of the molecule is COC(=O)C1CN(Cc2csc(C(C)(C)C)n2)CC1C. The van der Waals surface area contributed by atoms with Gasteiger partial charge in [-0.3, -0.25) is 9.69 Å². The summed E-state index contributed by atoms with van der Waals surface area (Å²) < 4.78 is 4.87. The summed E-state index contributed by atoms with van der Waals surface area (Å²) in [5.41, 5.74) is 1.22. The summed E-state index contributed by atoms with van der Waals surface area (Å²) in [5.74, 6) is 0.262. The summed E-state index contributed by atoms with van der Waals surface area (Å²) in [6.07, 6.45) is 0. The quantitative estimate of drug-likeness (QED) is 0.804. The van der Waals surface area contributed by atoms with Crippen LogP contribution in [0.5, 0.6) is 0 Å². The van der Waals surface area contributed by atoms with E-state index in [4.69, 9.17) is 9.72 Å². The number of thiazole rings is 1. The number of likely N-dealkylation sites (tertiary alicyclic amines) is 1. The number of hydrogen-bond acceptors (Lipinski definition) is 5. The highest BCUT2D eigenvalue weighted by atomic mass is 32.1. The number of esters is 1. The minimum absolute atomic E-state index is 0.000669. The minimum Gasteiger partial charge on any atom is -0.469 e. The van der Waals surface area contributed by atoms with Gasteiger partial charge in [-0.05, 0) is 5.92 Å². The molecule has 0 spiro atoms. The lowest BCUT2D eigenvalue weighted by Crippen LogP contribution is -2.24. The summed E-state index contributed by atoms with van der Waals surface area (Å²) in [6, 6.07) is 0. The van der Waals surface area contributed by atoms with Gasteiger partial charge in [-0.25, -0.2) is 4.98 Å². The van der Waals surface area contributed by atoms with Crippen molar-refractivity contribution in [3.8, 4) is 0 Å². The Hall–Kier alpha value is -0.940. The third kappa shape index (κ3) is 3.38. The lowest BCUT2D eigenvalue weighted by molar-refractivity contribution is -0.146. The van der Waals surface area contributed by atoms with Crippen molar-refractivity contribution in [2.75, 3.05) is 20.2 Å². The first kappa shape index (κ1) is 15.4. The zero-order valence-corrected chi connectivity index (χ0v) is 13.8. The monoisotopic (exact) mass is 296 g/mol. The number of carbonyl (C=O) groups is 1. The van der Waals surface area contributed by atoms with Gasteiger partial charge in [0.05, 0.1) is 23.7 Å². The molecule has 1 aromatic heterocycles. The van der Waals surface area contributed by atoms with E-state index in [0.29, 0.717) is 5.92 Å². The Morgan fingerprint density at radius 1 is 1.50 bits per heavy atom. The van der Waals surface area contributed by atoms with Crippen molar-refractivity contribution in [2.45, 2.75) is 39.7 Å². The third-order valence-corrected chi connectivity index (χ3v) is 5.09. The van der Waals surface area contributed by atoms with E-state index in [1.54, 1.807) is 11.3 Å². The first-order valence-electron chi connectivity index (χ1n) is 7.06. The second kappa shape index (κ2) is 5.82. The molecule has 20 heavy (non-hydrogen) atoms. The fourth-order valence-electron chi connectivity index (χ4n) is 2.61. The largest absolute Gasteiger partial charge is 0.469 e. The van der Waals surface area contributed by atoms with Crippen molar-refractivity contribution in [1.29, 1.82) is 0 Å². The maximum Gasteiger partial charge on any atom is 0.310 e. The molecule has 1 aromatic rings. The van der Waals surface area contributed by atoms with Crippen LogP contribution in [0.1, 0.15) is 38.4 Å². The van der Waals surface area contributed by atoms with Crippen LogP contribution in [0.4, 0.5) is 0 Å². The number of ether oxygens (including phenoxy) is 1. The van der Waals surface area contributed by atoms with Crippen LogP contribution in [0.15, 0.2) is 5.38 Å². The number of aromatic nitrogens is 1. The Morgan fingerprint density at radius 2 is 2.20 bits per heavy atom. The number of methoxy groups -OCH3 is 1.